The van der Waals surface area contributed by atoms with Gasteiger partial charge in [-0.25, -0.2) is 0 Å². The minimum atomic E-state index is -0.194. The Balaban J connectivity index is 2.23. The van der Waals surface area contributed by atoms with Crippen molar-refractivity contribution in [3.05, 3.63) is 53.3 Å². The first kappa shape index (κ1) is 17.0. The number of nitrogens with one attached hydrogen (secondary N) is 1. The van der Waals surface area contributed by atoms with Gasteiger partial charge in [-0.2, -0.15) is 0 Å². The first-order valence-electron chi connectivity index (χ1n) is 7.95. The molecule has 0 atom stereocenters. The van der Waals surface area contributed by atoms with E-state index in [9.17, 15) is 4.79 Å². The summed E-state index contributed by atoms with van der Waals surface area (Å²) in [6.07, 6.45) is 0.945. The summed E-state index contributed by atoms with van der Waals surface area (Å²) in [5.41, 5.74) is 2.78. The van der Waals surface area contributed by atoms with Gasteiger partial charge in [0, 0.05) is 17.4 Å². The SMILES string of the molecule is Cc1cc(OCCC(C)C)c(C(=O)Nc2ccccc2)c(C)n1. The van der Waals surface area contributed by atoms with E-state index < -0.39 is 0 Å². The molecular formula is C19H24N2O2. The lowest BCUT2D eigenvalue weighted by molar-refractivity contribution is 0.102. The van der Waals surface area contributed by atoms with Crippen LogP contribution in [0.15, 0.2) is 36.4 Å². The average Bonchev–Trinajstić information content (AvgIpc) is 2.47. The molecule has 2 aromatic rings. The van der Waals surface area contributed by atoms with Crippen LogP contribution in [0, 0.1) is 19.8 Å². The molecule has 122 valence electrons. The molecule has 0 aliphatic carbocycles. The highest BCUT2D eigenvalue weighted by molar-refractivity contribution is 6.07. The fourth-order valence-corrected chi connectivity index (χ4v) is 2.30. The number of para-hydroxylation sites is 1. The number of aromatic nitrogens is 1. The van der Waals surface area contributed by atoms with E-state index in [2.05, 4.69) is 24.1 Å². The molecule has 1 heterocycles. The lowest BCUT2D eigenvalue weighted by Crippen LogP contribution is -2.17. The van der Waals surface area contributed by atoms with E-state index in [4.69, 9.17) is 4.74 Å². The predicted octanol–water partition coefficient (Wildman–Crippen LogP) is 4.38. The van der Waals surface area contributed by atoms with Crippen molar-refractivity contribution < 1.29 is 9.53 Å². The van der Waals surface area contributed by atoms with Crippen molar-refractivity contribution in [2.75, 3.05) is 11.9 Å². The van der Waals surface area contributed by atoms with Crippen molar-refractivity contribution in [1.82, 2.24) is 4.98 Å². The van der Waals surface area contributed by atoms with Gasteiger partial charge in [-0.3, -0.25) is 9.78 Å². The van der Waals surface area contributed by atoms with Crippen molar-refractivity contribution in [3.63, 3.8) is 0 Å². The number of aryl methyl sites for hydroxylation is 2. The Bertz CT molecular complexity index is 667. The Morgan fingerprint density at radius 1 is 1.22 bits per heavy atom. The predicted molar refractivity (Wildman–Crippen MR) is 93.1 cm³/mol. The maximum Gasteiger partial charge on any atom is 0.261 e. The molecule has 0 saturated heterocycles. The molecule has 4 heteroatoms. The van der Waals surface area contributed by atoms with Crippen LogP contribution in [0.2, 0.25) is 0 Å². The van der Waals surface area contributed by atoms with Crippen LogP contribution in [-0.2, 0) is 0 Å². The minimum Gasteiger partial charge on any atom is -0.493 e. The van der Waals surface area contributed by atoms with Crippen molar-refractivity contribution in [2.24, 2.45) is 5.92 Å². The summed E-state index contributed by atoms with van der Waals surface area (Å²) in [5, 5.41) is 2.90. The Morgan fingerprint density at radius 3 is 2.57 bits per heavy atom. The van der Waals surface area contributed by atoms with Crippen molar-refractivity contribution in [1.29, 1.82) is 0 Å². The number of carbonyl (C=O) groups is 1. The fourth-order valence-electron chi connectivity index (χ4n) is 2.30. The second-order valence-electron chi connectivity index (χ2n) is 6.07. The summed E-state index contributed by atoms with van der Waals surface area (Å²) in [6.45, 7) is 8.63. The first-order valence-corrected chi connectivity index (χ1v) is 7.95. The monoisotopic (exact) mass is 312 g/mol. The molecule has 1 amide bonds. The zero-order chi connectivity index (χ0) is 16.8. The van der Waals surface area contributed by atoms with E-state index in [1.807, 2.05) is 50.2 Å². The van der Waals surface area contributed by atoms with Gasteiger partial charge in [0.25, 0.3) is 5.91 Å². The Hall–Kier alpha value is -2.36. The Labute approximate surface area is 137 Å². The number of ether oxygens (including phenoxy) is 1. The molecule has 0 saturated carbocycles. The summed E-state index contributed by atoms with van der Waals surface area (Å²) >= 11 is 0. The first-order chi connectivity index (χ1) is 11.0. The molecule has 1 N–H and O–H groups in total. The molecule has 0 aliphatic rings. The quantitative estimate of drug-likeness (QED) is 0.861. The number of anilines is 1. The smallest absolute Gasteiger partial charge is 0.261 e. The fraction of sp³-hybridized carbons (Fsp3) is 0.368. The molecule has 0 aliphatic heterocycles. The van der Waals surface area contributed by atoms with Crippen LogP contribution in [0.3, 0.4) is 0 Å². The summed E-state index contributed by atoms with van der Waals surface area (Å²) in [6, 6.07) is 11.2. The average molecular weight is 312 g/mol. The van der Waals surface area contributed by atoms with Gasteiger partial charge >= 0.3 is 0 Å². The van der Waals surface area contributed by atoms with Crippen LogP contribution >= 0.6 is 0 Å². The number of pyridine rings is 1. The number of hydrogen-bond acceptors (Lipinski definition) is 3. The third kappa shape index (κ3) is 4.81. The number of nitrogens with zero attached hydrogens (tertiary/aromatic N) is 1. The number of rotatable bonds is 6. The number of benzene rings is 1. The van der Waals surface area contributed by atoms with Crippen LogP contribution in [0.25, 0.3) is 0 Å². The highest BCUT2D eigenvalue weighted by Gasteiger charge is 2.18. The second-order valence-corrected chi connectivity index (χ2v) is 6.07. The third-order valence-electron chi connectivity index (χ3n) is 3.50. The van der Waals surface area contributed by atoms with Crippen LogP contribution in [-0.4, -0.2) is 17.5 Å². The van der Waals surface area contributed by atoms with Gasteiger partial charge in [-0.1, -0.05) is 32.0 Å². The van der Waals surface area contributed by atoms with Crippen LogP contribution in [0.1, 0.15) is 42.0 Å². The lowest BCUT2D eigenvalue weighted by atomic mass is 10.1. The van der Waals surface area contributed by atoms with Crippen molar-refractivity contribution in [2.45, 2.75) is 34.1 Å². The molecule has 0 bridgehead atoms. The molecule has 23 heavy (non-hydrogen) atoms. The van der Waals surface area contributed by atoms with Crippen molar-refractivity contribution in [3.8, 4) is 5.75 Å². The van der Waals surface area contributed by atoms with Crippen LogP contribution in [0.5, 0.6) is 5.75 Å². The van der Waals surface area contributed by atoms with Gasteiger partial charge < -0.3 is 10.1 Å². The van der Waals surface area contributed by atoms with Crippen LogP contribution < -0.4 is 10.1 Å². The van der Waals surface area contributed by atoms with Crippen LogP contribution in [0.4, 0.5) is 5.69 Å². The van der Waals surface area contributed by atoms with E-state index in [-0.39, 0.29) is 5.91 Å². The summed E-state index contributed by atoms with van der Waals surface area (Å²) in [7, 11) is 0. The number of hydrogen-bond donors (Lipinski definition) is 1. The van der Waals surface area contributed by atoms with Gasteiger partial charge in [-0.15, -0.1) is 0 Å². The van der Waals surface area contributed by atoms with E-state index in [1.54, 1.807) is 0 Å². The molecule has 1 aromatic carbocycles. The third-order valence-corrected chi connectivity index (χ3v) is 3.50. The van der Waals surface area contributed by atoms with Gasteiger partial charge in [-0.05, 0) is 38.3 Å². The molecule has 0 spiro atoms. The zero-order valence-electron chi connectivity index (χ0n) is 14.2. The second kappa shape index (κ2) is 7.77. The summed E-state index contributed by atoms with van der Waals surface area (Å²) < 4.78 is 5.87. The molecule has 0 fully saturated rings. The maximum absolute atomic E-state index is 12.6. The number of carbonyl (C=O) groups excluding carboxylic acids is 1. The molecule has 1 aromatic heterocycles. The summed E-state index contributed by atoms with van der Waals surface area (Å²) in [4.78, 5) is 17.0. The molecular weight excluding hydrogens is 288 g/mol. The van der Waals surface area contributed by atoms with Gasteiger partial charge in [0.1, 0.15) is 11.3 Å². The van der Waals surface area contributed by atoms with Gasteiger partial charge in [0.05, 0.1) is 12.3 Å². The highest BCUT2D eigenvalue weighted by Crippen LogP contribution is 2.24. The maximum atomic E-state index is 12.6. The molecule has 0 unspecified atom stereocenters. The van der Waals surface area contributed by atoms with E-state index in [0.29, 0.717) is 29.5 Å². The molecule has 2 rings (SSSR count). The standard InChI is InChI=1S/C19H24N2O2/c1-13(2)10-11-23-17-12-14(3)20-15(4)18(17)19(22)21-16-8-6-5-7-9-16/h5-9,12-13H,10-11H2,1-4H3,(H,21,22). The molecule has 0 radical (unpaired) electrons. The van der Waals surface area contributed by atoms with Crippen molar-refractivity contribution >= 4 is 11.6 Å². The molecule has 4 nitrogen and oxygen atoms in total. The lowest BCUT2D eigenvalue weighted by Gasteiger charge is -2.15. The number of amides is 1. The topological polar surface area (TPSA) is 51.2 Å². The Kier molecular flexibility index (Phi) is 5.74. The van der Waals surface area contributed by atoms with E-state index in [1.165, 1.54) is 0 Å². The Morgan fingerprint density at radius 2 is 1.91 bits per heavy atom. The van der Waals surface area contributed by atoms with Gasteiger partial charge in [0.2, 0.25) is 0 Å². The van der Waals surface area contributed by atoms with E-state index >= 15 is 0 Å². The normalized spacial score (nSPS) is 10.7. The summed E-state index contributed by atoms with van der Waals surface area (Å²) in [5.74, 6) is 0.963. The largest absolute Gasteiger partial charge is 0.493 e. The minimum absolute atomic E-state index is 0.194. The van der Waals surface area contributed by atoms with Gasteiger partial charge in [0.15, 0.2) is 0 Å². The van der Waals surface area contributed by atoms with E-state index in [0.717, 1.165) is 17.8 Å². The zero-order valence-corrected chi connectivity index (χ0v) is 14.2. The highest BCUT2D eigenvalue weighted by atomic mass is 16.5.